The second-order valence-electron chi connectivity index (χ2n) is 3.96. The van der Waals surface area contributed by atoms with Gasteiger partial charge in [-0.15, -0.1) is 0 Å². The van der Waals surface area contributed by atoms with Crippen molar-refractivity contribution in [3.63, 3.8) is 0 Å². The Morgan fingerprint density at radius 3 is 2.89 bits per heavy atom. The van der Waals surface area contributed by atoms with E-state index in [9.17, 15) is 4.79 Å². The molecular formula is C13H15N3O2. The van der Waals surface area contributed by atoms with Gasteiger partial charge < -0.3 is 10.1 Å². The molecule has 1 amide bonds. The Labute approximate surface area is 105 Å². The molecule has 0 spiro atoms. The summed E-state index contributed by atoms with van der Waals surface area (Å²) in [7, 11) is 1.59. The molecule has 5 heteroatoms. The molecule has 0 atom stereocenters. The highest BCUT2D eigenvalue weighted by Crippen LogP contribution is 2.18. The number of methoxy groups -OCH3 is 1. The fourth-order valence-electron chi connectivity index (χ4n) is 1.68. The van der Waals surface area contributed by atoms with Crippen LogP contribution in [0.3, 0.4) is 0 Å². The molecule has 1 aromatic carbocycles. The minimum atomic E-state index is -0.105. The number of amides is 1. The van der Waals surface area contributed by atoms with E-state index in [2.05, 4.69) is 15.5 Å². The molecule has 2 N–H and O–H groups in total. The molecule has 0 aliphatic carbocycles. The zero-order chi connectivity index (χ0) is 13.0. The third-order valence-electron chi connectivity index (χ3n) is 2.64. The minimum absolute atomic E-state index is 0.105. The highest BCUT2D eigenvalue weighted by atomic mass is 16.5. The molecule has 0 fully saturated rings. The fourth-order valence-corrected chi connectivity index (χ4v) is 1.68. The Balaban J connectivity index is 2.05. The predicted octanol–water partition coefficient (Wildman–Crippen LogP) is 1.91. The first-order chi connectivity index (χ1) is 8.70. The number of anilines is 1. The SMILES string of the molecule is COc1ccccc1CC(=O)Nc1[nH]ncc1C. The van der Waals surface area contributed by atoms with Crippen LogP contribution in [0.4, 0.5) is 5.82 Å². The van der Waals surface area contributed by atoms with Crippen molar-refractivity contribution in [2.75, 3.05) is 12.4 Å². The summed E-state index contributed by atoms with van der Waals surface area (Å²) >= 11 is 0. The van der Waals surface area contributed by atoms with Crippen LogP contribution in [-0.4, -0.2) is 23.2 Å². The number of ether oxygens (including phenoxy) is 1. The van der Waals surface area contributed by atoms with Crippen molar-refractivity contribution in [1.82, 2.24) is 10.2 Å². The zero-order valence-electron chi connectivity index (χ0n) is 10.4. The first-order valence-corrected chi connectivity index (χ1v) is 5.62. The van der Waals surface area contributed by atoms with E-state index in [4.69, 9.17) is 4.74 Å². The third-order valence-corrected chi connectivity index (χ3v) is 2.64. The highest BCUT2D eigenvalue weighted by molar-refractivity contribution is 5.92. The molecule has 0 aliphatic rings. The van der Waals surface area contributed by atoms with Gasteiger partial charge in [-0.25, -0.2) is 0 Å². The summed E-state index contributed by atoms with van der Waals surface area (Å²) in [6.07, 6.45) is 1.93. The van der Waals surface area contributed by atoms with Gasteiger partial charge in [0, 0.05) is 11.1 Å². The Morgan fingerprint density at radius 2 is 2.22 bits per heavy atom. The molecule has 0 saturated carbocycles. The number of aromatic nitrogens is 2. The second-order valence-corrected chi connectivity index (χ2v) is 3.96. The average molecular weight is 245 g/mol. The molecule has 94 valence electrons. The smallest absolute Gasteiger partial charge is 0.230 e. The number of H-pyrrole nitrogens is 1. The normalized spacial score (nSPS) is 10.1. The lowest BCUT2D eigenvalue weighted by molar-refractivity contribution is -0.115. The number of benzene rings is 1. The molecule has 0 aliphatic heterocycles. The quantitative estimate of drug-likeness (QED) is 0.864. The van der Waals surface area contributed by atoms with E-state index in [-0.39, 0.29) is 12.3 Å². The van der Waals surface area contributed by atoms with Gasteiger partial charge in [0.05, 0.1) is 19.7 Å². The minimum Gasteiger partial charge on any atom is -0.496 e. The molecule has 0 unspecified atom stereocenters. The molecule has 0 saturated heterocycles. The lowest BCUT2D eigenvalue weighted by Crippen LogP contribution is -2.15. The standard InChI is InChI=1S/C13H15N3O2/c1-9-8-14-16-13(9)15-12(17)7-10-5-3-4-6-11(10)18-2/h3-6,8H,7H2,1-2H3,(H2,14,15,16,17). The summed E-state index contributed by atoms with van der Waals surface area (Å²) < 4.78 is 5.20. The monoisotopic (exact) mass is 245 g/mol. The largest absolute Gasteiger partial charge is 0.496 e. The maximum Gasteiger partial charge on any atom is 0.230 e. The van der Waals surface area contributed by atoms with Gasteiger partial charge in [0.25, 0.3) is 0 Å². The molecule has 2 rings (SSSR count). The van der Waals surface area contributed by atoms with Crippen LogP contribution in [0.1, 0.15) is 11.1 Å². The van der Waals surface area contributed by atoms with E-state index in [0.29, 0.717) is 11.6 Å². The summed E-state index contributed by atoms with van der Waals surface area (Å²) in [4.78, 5) is 11.9. The summed E-state index contributed by atoms with van der Waals surface area (Å²) in [5.41, 5.74) is 1.76. The van der Waals surface area contributed by atoms with Crippen molar-refractivity contribution >= 4 is 11.7 Å². The van der Waals surface area contributed by atoms with E-state index in [1.807, 2.05) is 31.2 Å². The first-order valence-electron chi connectivity index (χ1n) is 5.62. The first kappa shape index (κ1) is 12.2. The Bertz CT molecular complexity index is 549. The molecule has 18 heavy (non-hydrogen) atoms. The van der Waals surface area contributed by atoms with E-state index >= 15 is 0 Å². The van der Waals surface area contributed by atoms with Gasteiger partial charge in [-0.3, -0.25) is 9.89 Å². The van der Waals surface area contributed by atoms with Crippen molar-refractivity contribution in [1.29, 1.82) is 0 Å². The number of carbonyl (C=O) groups is 1. The van der Waals surface area contributed by atoms with Crippen LogP contribution >= 0.6 is 0 Å². The third kappa shape index (κ3) is 2.68. The summed E-state index contributed by atoms with van der Waals surface area (Å²) in [6.45, 7) is 1.88. The van der Waals surface area contributed by atoms with Crippen molar-refractivity contribution in [3.05, 3.63) is 41.6 Å². The van der Waals surface area contributed by atoms with Crippen molar-refractivity contribution in [2.45, 2.75) is 13.3 Å². The highest BCUT2D eigenvalue weighted by Gasteiger charge is 2.10. The topological polar surface area (TPSA) is 67.0 Å². The van der Waals surface area contributed by atoms with E-state index in [0.717, 1.165) is 11.1 Å². The van der Waals surface area contributed by atoms with Crippen molar-refractivity contribution in [2.24, 2.45) is 0 Å². The van der Waals surface area contributed by atoms with E-state index in [1.54, 1.807) is 13.3 Å². The number of carbonyl (C=O) groups excluding carboxylic acids is 1. The lowest BCUT2D eigenvalue weighted by atomic mass is 10.1. The van der Waals surface area contributed by atoms with Crippen LogP contribution in [0.2, 0.25) is 0 Å². The van der Waals surface area contributed by atoms with Crippen LogP contribution < -0.4 is 10.1 Å². The van der Waals surface area contributed by atoms with Crippen LogP contribution in [0.15, 0.2) is 30.5 Å². The molecule has 0 bridgehead atoms. The number of para-hydroxylation sites is 1. The number of nitrogens with zero attached hydrogens (tertiary/aromatic N) is 1. The van der Waals surface area contributed by atoms with Crippen LogP contribution in [0.25, 0.3) is 0 Å². The maximum absolute atomic E-state index is 11.9. The predicted molar refractivity (Wildman–Crippen MR) is 68.7 cm³/mol. The van der Waals surface area contributed by atoms with Gasteiger partial charge in [0.2, 0.25) is 5.91 Å². The number of aryl methyl sites for hydroxylation is 1. The molecule has 1 heterocycles. The zero-order valence-corrected chi connectivity index (χ0v) is 10.4. The number of hydrogen-bond acceptors (Lipinski definition) is 3. The van der Waals surface area contributed by atoms with Gasteiger partial charge in [-0.2, -0.15) is 5.10 Å². The fraction of sp³-hybridized carbons (Fsp3) is 0.231. The number of nitrogens with one attached hydrogen (secondary N) is 2. The Morgan fingerprint density at radius 1 is 1.44 bits per heavy atom. The Hall–Kier alpha value is -2.30. The average Bonchev–Trinajstić information content (AvgIpc) is 2.75. The molecule has 2 aromatic rings. The molecule has 5 nitrogen and oxygen atoms in total. The molecule has 1 aromatic heterocycles. The van der Waals surface area contributed by atoms with E-state index < -0.39 is 0 Å². The number of aromatic amines is 1. The molecular weight excluding hydrogens is 230 g/mol. The summed E-state index contributed by atoms with van der Waals surface area (Å²) in [5, 5.41) is 9.37. The van der Waals surface area contributed by atoms with Crippen LogP contribution in [0, 0.1) is 6.92 Å². The number of rotatable bonds is 4. The van der Waals surface area contributed by atoms with Crippen molar-refractivity contribution in [3.8, 4) is 5.75 Å². The van der Waals surface area contributed by atoms with Crippen LogP contribution in [0.5, 0.6) is 5.75 Å². The second kappa shape index (κ2) is 5.35. The summed E-state index contributed by atoms with van der Waals surface area (Å²) in [6, 6.07) is 7.47. The van der Waals surface area contributed by atoms with Gasteiger partial charge in [0.15, 0.2) is 0 Å². The van der Waals surface area contributed by atoms with Gasteiger partial charge in [-0.05, 0) is 13.0 Å². The molecule has 0 radical (unpaired) electrons. The maximum atomic E-state index is 11.9. The van der Waals surface area contributed by atoms with Gasteiger partial charge >= 0.3 is 0 Å². The summed E-state index contributed by atoms with van der Waals surface area (Å²) in [5.74, 6) is 1.25. The van der Waals surface area contributed by atoms with E-state index in [1.165, 1.54) is 0 Å². The Kier molecular flexibility index (Phi) is 3.62. The van der Waals surface area contributed by atoms with Gasteiger partial charge in [-0.1, -0.05) is 18.2 Å². The van der Waals surface area contributed by atoms with Crippen molar-refractivity contribution < 1.29 is 9.53 Å². The van der Waals surface area contributed by atoms with Crippen LogP contribution in [-0.2, 0) is 11.2 Å². The number of hydrogen-bond donors (Lipinski definition) is 2. The van der Waals surface area contributed by atoms with Gasteiger partial charge in [0.1, 0.15) is 11.6 Å². The lowest BCUT2D eigenvalue weighted by Gasteiger charge is -2.08.